The molecule has 18 heavy (non-hydrogen) atoms. The van der Waals surface area contributed by atoms with Crippen molar-refractivity contribution >= 4 is 0 Å². The summed E-state index contributed by atoms with van der Waals surface area (Å²) >= 11 is 0. The van der Waals surface area contributed by atoms with Gasteiger partial charge in [0, 0.05) is 30.4 Å². The maximum absolute atomic E-state index is 4.36. The van der Waals surface area contributed by atoms with Crippen molar-refractivity contribution < 1.29 is 0 Å². The minimum Gasteiger partial charge on any atom is -0.332 e. The number of fused-ring (bicyclic) bond motifs is 1. The van der Waals surface area contributed by atoms with Crippen LogP contribution in [0.5, 0.6) is 0 Å². The average Bonchev–Trinajstić information content (AvgIpc) is 2.91. The van der Waals surface area contributed by atoms with Crippen LogP contribution in [0.1, 0.15) is 19.0 Å². The van der Waals surface area contributed by atoms with Gasteiger partial charge in [-0.3, -0.25) is 0 Å². The predicted molar refractivity (Wildman–Crippen MR) is 73.5 cm³/mol. The summed E-state index contributed by atoms with van der Waals surface area (Å²) in [4.78, 5) is 6.58. The standard InChI is InChI=1S/C15H21N3/c1-12-5-4-6-15(9-13(12)15)14-10-16-11-18(14)8-7-17(2)3/h4-6,10-11,13H,7-9H2,1-3H3. The predicted octanol–water partition coefficient (Wildman–Crippen LogP) is 2.22. The molecule has 0 amide bonds. The highest BCUT2D eigenvalue weighted by atomic mass is 15.1. The molecule has 0 aromatic carbocycles. The molecule has 0 saturated heterocycles. The minimum absolute atomic E-state index is 0.252. The molecule has 1 aromatic rings. The summed E-state index contributed by atoms with van der Waals surface area (Å²) in [6.45, 7) is 4.33. The van der Waals surface area contributed by atoms with Crippen LogP contribution < -0.4 is 0 Å². The zero-order chi connectivity index (χ0) is 12.8. The SMILES string of the molecule is CC1=CC=CC2(c3cncn3CCN(C)C)CC12. The average molecular weight is 243 g/mol. The first kappa shape index (κ1) is 11.7. The van der Waals surface area contributed by atoms with E-state index in [2.05, 4.69) is 59.9 Å². The lowest BCUT2D eigenvalue weighted by molar-refractivity contribution is 0.379. The molecule has 0 radical (unpaired) electrons. The molecule has 3 nitrogen and oxygen atoms in total. The number of hydrogen-bond donors (Lipinski definition) is 0. The first-order chi connectivity index (χ1) is 8.63. The summed E-state index contributed by atoms with van der Waals surface area (Å²) in [5, 5.41) is 0. The number of imidazole rings is 1. The molecule has 3 heteroatoms. The normalized spacial score (nSPS) is 29.3. The number of allylic oxidation sites excluding steroid dienone is 4. The van der Waals surface area contributed by atoms with Crippen LogP contribution in [0.2, 0.25) is 0 Å². The monoisotopic (exact) mass is 243 g/mol. The molecule has 0 spiro atoms. The molecule has 0 N–H and O–H groups in total. The van der Waals surface area contributed by atoms with Gasteiger partial charge in [-0.25, -0.2) is 4.98 Å². The lowest BCUT2D eigenvalue weighted by Gasteiger charge is -2.19. The van der Waals surface area contributed by atoms with Crippen molar-refractivity contribution in [3.63, 3.8) is 0 Å². The number of nitrogens with zero attached hydrogens (tertiary/aromatic N) is 3. The summed E-state index contributed by atoms with van der Waals surface area (Å²) in [5.74, 6) is 0.706. The molecule has 1 fully saturated rings. The van der Waals surface area contributed by atoms with E-state index in [9.17, 15) is 0 Å². The van der Waals surface area contributed by atoms with Crippen molar-refractivity contribution in [1.29, 1.82) is 0 Å². The largest absolute Gasteiger partial charge is 0.332 e. The van der Waals surface area contributed by atoms with E-state index < -0.39 is 0 Å². The fourth-order valence-corrected chi connectivity index (χ4v) is 3.08. The highest BCUT2D eigenvalue weighted by Gasteiger charge is 2.56. The molecule has 2 aliphatic rings. The van der Waals surface area contributed by atoms with Gasteiger partial charge in [-0.05, 0) is 33.4 Å². The molecule has 0 bridgehead atoms. The Balaban J connectivity index is 1.85. The topological polar surface area (TPSA) is 21.1 Å². The van der Waals surface area contributed by atoms with Crippen LogP contribution in [-0.4, -0.2) is 35.1 Å². The molecular formula is C15H21N3. The van der Waals surface area contributed by atoms with Gasteiger partial charge in [-0.15, -0.1) is 0 Å². The van der Waals surface area contributed by atoms with E-state index in [4.69, 9.17) is 0 Å². The van der Waals surface area contributed by atoms with Crippen LogP contribution in [0.3, 0.4) is 0 Å². The summed E-state index contributed by atoms with van der Waals surface area (Å²) in [7, 11) is 4.23. The van der Waals surface area contributed by atoms with Crippen LogP contribution in [-0.2, 0) is 12.0 Å². The zero-order valence-electron chi connectivity index (χ0n) is 11.4. The van der Waals surface area contributed by atoms with Gasteiger partial charge in [0.2, 0.25) is 0 Å². The van der Waals surface area contributed by atoms with Crippen molar-refractivity contribution in [3.05, 3.63) is 42.0 Å². The molecule has 2 aliphatic carbocycles. The Kier molecular flexibility index (Phi) is 2.67. The van der Waals surface area contributed by atoms with Gasteiger partial charge in [0.1, 0.15) is 0 Å². The Morgan fingerprint density at radius 3 is 3.11 bits per heavy atom. The third kappa shape index (κ3) is 1.74. The van der Waals surface area contributed by atoms with Gasteiger partial charge in [-0.2, -0.15) is 0 Å². The number of hydrogen-bond acceptors (Lipinski definition) is 2. The lowest BCUT2D eigenvalue weighted by Crippen LogP contribution is -2.22. The lowest BCUT2D eigenvalue weighted by atomic mass is 9.92. The fourth-order valence-electron chi connectivity index (χ4n) is 3.08. The molecule has 2 unspecified atom stereocenters. The Labute approximate surface area is 109 Å². The Hall–Kier alpha value is -1.35. The Bertz CT molecular complexity index is 510. The maximum Gasteiger partial charge on any atom is 0.0948 e. The molecule has 1 heterocycles. The Morgan fingerprint density at radius 1 is 1.50 bits per heavy atom. The molecule has 1 aromatic heterocycles. The Morgan fingerprint density at radius 2 is 2.33 bits per heavy atom. The van der Waals surface area contributed by atoms with Crippen LogP contribution in [0.4, 0.5) is 0 Å². The van der Waals surface area contributed by atoms with Crippen LogP contribution in [0.25, 0.3) is 0 Å². The van der Waals surface area contributed by atoms with Crippen molar-refractivity contribution in [2.24, 2.45) is 5.92 Å². The second kappa shape index (κ2) is 4.09. The van der Waals surface area contributed by atoms with Gasteiger partial charge in [-0.1, -0.05) is 23.8 Å². The maximum atomic E-state index is 4.36. The van der Waals surface area contributed by atoms with E-state index in [0.717, 1.165) is 13.1 Å². The van der Waals surface area contributed by atoms with Crippen LogP contribution in [0.15, 0.2) is 36.3 Å². The summed E-state index contributed by atoms with van der Waals surface area (Å²) in [6.07, 6.45) is 12.1. The first-order valence-electron chi connectivity index (χ1n) is 6.65. The fraction of sp³-hybridized carbons (Fsp3) is 0.533. The highest BCUT2D eigenvalue weighted by molar-refractivity contribution is 5.45. The minimum atomic E-state index is 0.252. The third-order valence-corrected chi connectivity index (χ3v) is 4.28. The molecule has 1 saturated carbocycles. The van der Waals surface area contributed by atoms with Crippen molar-refractivity contribution in [1.82, 2.24) is 14.5 Å². The zero-order valence-corrected chi connectivity index (χ0v) is 11.4. The van der Waals surface area contributed by atoms with Crippen LogP contribution >= 0.6 is 0 Å². The number of aromatic nitrogens is 2. The van der Waals surface area contributed by atoms with E-state index in [1.54, 1.807) is 0 Å². The van der Waals surface area contributed by atoms with Gasteiger partial charge in [0.15, 0.2) is 0 Å². The van der Waals surface area contributed by atoms with Crippen molar-refractivity contribution in [3.8, 4) is 0 Å². The molecule has 3 rings (SSSR count). The second-order valence-corrected chi connectivity index (χ2v) is 5.84. The van der Waals surface area contributed by atoms with E-state index >= 15 is 0 Å². The van der Waals surface area contributed by atoms with Gasteiger partial charge >= 0.3 is 0 Å². The van der Waals surface area contributed by atoms with Crippen LogP contribution in [0, 0.1) is 5.92 Å². The summed E-state index contributed by atoms with van der Waals surface area (Å²) < 4.78 is 2.32. The smallest absolute Gasteiger partial charge is 0.0948 e. The van der Waals surface area contributed by atoms with Crippen molar-refractivity contribution in [2.45, 2.75) is 25.3 Å². The quantitative estimate of drug-likeness (QED) is 0.808. The third-order valence-electron chi connectivity index (χ3n) is 4.28. The summed E-state index contributed by atoms with van der Waals surface area (Å²) in [5.41, 5.74) is 3.15. The summed E-state index contributed by atoms with van der Waals surface area (Å²) in [6, 6.07) is 0. The molecule has 96 valence electrons. The number of rotatable bonds is 4. The molecular weight excluding hydrogens is 222 g/mol. The van der Waals surface area contributed by atoms with E-state index in [-0.39, 0.29) is 5.41 Å². The van der Waals surface area contributed by atoms with E-state index in [0.29, 0.717) is 5.92 Å². The first-order valence-corrected chi connectivity index (χ1v) is 6.65. The van der Waals surface area contributed by atoms with E-state index in [1.165, 1.54) is 17.7 Å². The number of likely N-dealkylation sites (N-methyl/N-ethyl adjacent to an activating group) is 1. The highest BCUT2D eigenvalue weighted by Crippen LogP contribution is 2.60. The van der Waals surface area contributed by atoms with Gasteiger partial charge < -0.3 is 9.47 Å². The van der Waals surface area contributed by atoms with Crippen molar-refractivity contribution in [2.75, 3.05) is 20.6 Å². The molecule has 2 atom stereocenters. The van der Waals surface area contributed by atoms with E-state index in [1.807, 2.05) is 6.33 Å². The second-order valence-electron chi connectivity index (χ2n) is 5.84. The van der Waals surface area contributed by atoms with Gasteiger partial charge in [0.25, 0.3) is 0 Å². The van der Waals surface area contributed by atoms with Gasteiger partial charge in [0.05, 0.1) is 6.33 Å². The molecule has 0 aliphatic heterocycles.